The number of nitrogen functional groups attached to an aromatic ring is 1. The van der Waals surface area contributed by atoms with Gasteiger partial charge in [-0.1, -0.05) is 17.7 Å². The van der Waals surface area contributed by atoms with Gasteiger partial charge in [-0.15, -0.1) is 0 Å². The fourth-order valence-electron chi connectivity index (χ4n) is 1.34. The minimum Gasteiger partial charge on any atom is -0.477 e. The molecule has 0 bridgehead atoms. The van der Waals surface area contributed by atoms with Crippen LogP contribution in [0.4, 0.5) is 5.69 Å². The van der Waals surface area contributed by atoms with Crippen molar-refractivity contribution >= 4 is 23.3 Å². The SMILES string of the molecule is Nc1cc(-c2cc(C(=O)O)ncn2)ccc1Cl. The number of benzene rings is 1. The number of hydrogen-bond acceptors (Lipinski definition) is 4. The summed E-state index contributed by atoms with van der Waals surface area (Å²) in [5.74, 6) is -1.10. The van der Waals surface area contributed by atoms with Gasteiger partial charge < -0.3 is 10.8 Å². The highest BCUT2D eigenvalue weighted by atomic mass is 35.5. The molecule has 0 radical (unpaired) electrons. The Hall–Kier alpha value is -2.14. The second-order valence-electron chi connectivity index (χ2n) is 3.33. The summed E-state index contributed by atoms with van der Waals surface area (Å²) in [6.45, 7) is 0. The average molecular weight is 250 g/mol. The molecule has 2 rings (SSSR count). The molecule has 0 aliphatic rings. The van der Waals surface area contributed by atoms with Crippen LogP contribution in [0.15, 0.2) is 30.6 Å². The maximum atomic E-state index is 10.8. The van der Waals surface area contributed by atoms with E-state index in [2.05, 4.69) is 9.97 Å². The number of carboxylic acid groups (broad SMARTS) is 1. The van der Waals surface area contributed by atoms with Crippen molar-refractivity contribution in [3.63, 3.8) is 0 Å². The van der Waals surface area contributed by atoms with Crippen LogP contribution in [0.5, 0.6) is 0 Å². The molecule has 1 aromatic heterocycles. The first-order chi connectivity index (χ1) is 8.08. The molecule has 0 fully saturated rings. The van der Waals surface area contributed by atoms with Crippen molar-refractivity contribution in [2.24, 2.45) is 0 Å². The topological polar surface area (TPSA) is 89.1 Å². The van der Waals surface area contributed by atoms with Crippen molar-refractivity contribution in [1.82, 2.24) is 9.97 Å². The van der Waals surface area contributed by atoms with Crippen LogP contribution in [0.2, 0.25) is 5.02 Å². The molecule has 1 heterocycles. The third kappa shape index (κ3) is 2.34. The van der Waals surface area contributed by atoms with E-state index in [1.54, 1.807) is 18.2 Å². The van der Waals surface area contributed by atoms with Crippen LogP contribution in [0.3, 0.4) is 0 Å². The van der Waals surface area contributed by atoms with Crippen molar-refractivity contribution < 1.29 is 9.90 Å². The van der Waals surface area contributed by atoms with Gasteiger partial charge in [0.25, 0.3) is 0 Å². The normalized spacial score (nSPS) is 10.2. The molecule has 0 aliphatic carbocycles. The quantitative estimate of drug-likeness (QED) is 0.796. The van der Waals surface area contributed by atoms with Gasteiger partial charge in [-0.25, -0.2) is 14.8 Å². The number of anilines is 1. The number of nitrogens with two attached hydrogens (primary N) is 1. The Morgan fingerprint density at radius 1 is 1.29 bits per heavy atom. The van der Waals surface area contributed by atoms with E-state index in [0.717, 1.165) is 0 Å². The number of carboxylic acids is 1. The number of hydrogen-bond donors (Lipinski definition) is 2. The fraction of sp³-hybridized carbons (Fsp3) is 0. The van der Waals surface area contributed by atoms with E-state index in [0.29, 0.717) is 22.0 Å². The summed E-state index contributed by atoms with van der Waals surface area (Å²) in [5, 5.41) is 9.26. The molecule has 0 aliphatic heterocycles. The molecule has 5 nitrogen and oxygen atoms in total. The number of halogens is 1. The molecule has 0 spiro atoms. The molecule has 6 heteroatoms. The lowest BCUT2D eigenvalue weighted by molar-refractivity contribution is 0.0690. The zero-order chi connectivity index (χ0) is 12.4. The highest BCUT2D eigenvalue weighted by Crippen LogP contribution is 2.25. The Morgan fingerprint density at radius 3 is 2.71 bits per heavy atom. The van der Waals surface area contributed by atoms with E-state index in [4.69, 9.17) is 22.4 Å². The molecule has 0 atom stereocenters. The van der Waals surface area contributed by atoms with Crippen molar-refractivity contribution in [2.75, 3.05) is 5.73 Å². The van der Waals surface area contributed by atoms with E-state index in [9.17, 15) is 4.79 Å². The number of nitrogens with zero attached hydrogens (tertiary/aromatic N) is 2. The van der Waals surface area contributed by atoms with Gasteiger partial charge >= 0.3 is 5.97 Å². The summed E-state index contributed by atoms with van der Waals surface area (Å²) in [5.41, 5.74) is 7.19. The Kier molecular flexibility index (Phi) is 2.93. The van der Waals surface area contributed by atoms with Crippen LogP contribution in [-0.4, -0.2) is 21.0 Å². The van der Waals surface area contributed by atoms with Gasteiger partial charge in [-0.2, -0.15) is 0 Å². The van der Waals surface area contributed by atoms with Gasteiger partial charge in [-0.05, 0) is 18.2 Å². The van der Waals surface area contributed by atoms with Gasteiger partial charge in [0.05, 0.1) is 16.4 Å². The minimum atomic E-state index is -1.10. The van der Waals surface area contributed by atoms with Gasteiger partial charge in [0.2, 0.25) is 0 Å². The Morgan fingerprint density at radius 2 is 2.06 bits per heavy atom. The summed E-state index contributed by atoms with van der Waals surface area (Å²) >= 11 is 5.80. The predicted molar refractivity (Wildman–Crippen MR) is 63.8 cm³/mol. The van der Waals surface area contributed by atoms with Crippen LogP contribution in [0.25, 0.3) is 11.3 Å². The molecular formula is C11H8ClN3O2. The molecule has 1 aromatic carbocycles. The molecule has 86 valence electrons. The van der Waals surface area contributed by atoms with Crippen molar-refractivity contribution in [2.45, 2.75) is 0 Å². The average Bonchev–Trinajstić information content (AvgIpc) is 2.33. The van der Waals surface area contributed by atoms with Crippen molar-refractivity contribution in [3.05, 3.63) is 41.3 Å². The summed E-state index contributed by atoms with van der Waals surface area (Å²) in [7, 11) is 0. The van der Waals surface area contributed by atoms with Crippen LogP contribution < -0.4 is 5.73 Å². The summed E-state index contributed by atoms with van der Waals surface area (Å²) < 4.78 is 0. The number of rotatable bonds is 2. The maximum absolute atomic E-state index is 10.8. The third-order valence-electron chi connectivity index (χ3n) is 2.18. The van der Waals surface area contributed by atoms with E-state index in [-0.39, 0.29) is 5.69 Å². The van der Waals surface area contributed by atoms with Gasteiger partial charge in [0, 0.05) is 5.56 Å². The van der Waals surface area contributed by atoms with E-state index >= 15 is 0 Å². The van der Waals surface area contributed by atoms with Crippen LogP contribution in [0.1, 0.15) is 10.5 Å². The van der Waals surface area contributed by atoms with E-state index in [1.807, 2.05) is 0 Å². The molecular weight excluding hydrogens is 242 g/mol. The van der Waals surface area contributed by atoms with Crippen LogP contribution in [0, 0.1) is 0 Å². The van der Waals surface area contributed by atoms with Crippen LogP contribution >= 0.6 is 11.6 Å². The molecule has 0 saturated heterocycles. The molecule has 0 amide bonds. The van der Waals surface area contributed by atoms with E-state index in [1.165, 1.54) is 12.4 Å². The highest BCUT2D eigenvalue weighted by molar-refractivity contribution is 6.33. The second-order valence-corrected chi connectivity index (χ2v) is 3.74. The monoisotopic (exact) mass is 249 g/mol. The second kappa shape index (κ2) is 4.39. The standard InChI is InChI=1S/C11H8ClN3O2/c12-7-2-1-6(3-8(7)13)9-4-10(11(16)17)15-5-14-9/h1-5H,13H2,(H,16,17). The minimum absolute atomic E-state index is 0.0662. The Bertz CT molecular complexity index is 587. The lowest BCUT2D eigenvalue weighted by atomic mass is 10.1. The molecule has 0 unspecified atom stereocenters. The number of aromatic carboxylic acids is 1. The molecule has 17 heavy (non-hydrogen) atoms. The van der Waals surface area contributed by atoms with Crippen LogP contribution in [-0.2, 0) is 0 Å². The van der Waals surface area contributed by atoms with Crippen molar-refractivity contribution in [3.8, 4) is 11.3 Å². The number of carbonyl (C=O) groups is 1. The first-order valence-electron chi connectivity index (χ1n) is 4.68. The summed E-state index contributed by atoms with van der Waals surface area (Å²) in [4.78, 5) is 18.4. The zero-order valence-corrected chi connectivity index (χ0v) is 9.35. The third-order valence-corrected chi connectivity index (χ3v) is 2.52. The predicted octanol–water partition coefficient (Wildman–Crippen LogP) is 2.08. The maximum Gasteiger partial charge on any atom is 0.354 e. The highest BCUT2D eigenvalue weighted by Gasteiger charge is 2.08. The van der Waals surface area contributed by atoms with E-state index < -0.39 is 5.97 Å². The fourth-order valence-corrected chi connectivity index (χ4v) is 1.45. The Labute approximate surface area is 102 Å². The zero-order valence-electron chi connectivity index (χ0n) is 8.59. The lowest BCUT2D eigenvalue weighted by Crippen LogP contribution is -2.01. The van der Waals surface area contributed by atoms with Gasteiger partial charge in [-0.3, -0.25) is 0 Å². The lowest BCUT2D eigenvalue weighted by Gasteiger charge is -2.04. The summed E-state index contributed by atoms with van der Waals surface area (Å²) in [6.07, 6.45) is 1.20. The summed E-state index contributed by atoms with van der Waals surface area (Å²) in [6, 6.07) is 6.36. The van der Waals surface area contributed by atoms with Crippen molar-refractivity contribution in [1.29, 1.82) is 0 Å². The molecule has 0 saturated carbocycles. The smallest absolute Gasteiger partial charge is 0.354 e. The molecule has 2 aromatic rings. The molecule has 3 N–H and O–H groups in total. The van der Waals surface area contributed by atoms with Gasteiger partial charge in [0.1, 0.15) is 6.33 Å². The first-order valence-corrected chi connectivity index (χ1v) is 5.06. The van der Waals surface area contributed by atoms with Gasteiger partial charge in [0.15, 0.2) is 5.69 Å². The largest absolute Gasteiger partial charge is 0.477 e. The first kappa shape index (κ1) is 11.3. The Balaban J connectivity index is 2.49. The number of aromatic nitrogens is 2.